The first kappa shape index (κ1) is 20.6. The Kier molecular flexibility index (Phi) is 5.65. The van der Waals surface area contributed by atoms with Crippen molar-refractivity contribution >= 4 is 21.8 Å². The molecule has 0 radical (unpaired) electrons. The molecule has 11 heteroatoms. The van der Waals surface area contributed by atoms with Crippen LogP contribution in [-0.4, -0.2) is 52.0 Å². The number of carbonyl (C=O) groups is 1. The molecule has 3 aromatic rings. The molecule has 2 aromatic heterocycles. The van der Waals surface area contributed by atoms with Crippen LogP contribution in [-0.2, 0) is 12.7 Å². The number of aromatic nitrogens is 2. The van der Waals surface area contributed by atoms with Crippen molar-refractivity contribution in [3.63, 3.8) is 0 Å². The Labute approximate surface area is 177 Å². The summed E-state index contributed by atoms with van der Waals surface area (Å²) in [7, 11) is 0. The van der Waals surface area contributed by atoms with E-state index in [1.54, 1.807) is 17.0 Å². The van der Waals surface area contributed by atoms with Crippen LogP contribution in [0.3, 0.4) is 0 Å². The molecule has 1 aliphatic heterocycles. The molecule has 1 saturated heterocycles. The van der Waals surface area contributed by atoms with E-state index in [0.717, 1.165) is 12.1 Å². The lowest BCUT2D eigenvalue weighted by atomic mass is 10.1. The Morgan fingerprint density at radius 3 is 2.57 bits per heavy atom. The molecule has 0 atom stereocenters. The third-order valence-electron chi connectivity index (χ3n) is 4.72. The van der Waals surface area contributed by atoms with E-state index in [9.17, 15) is 18.0 Å². The van der Waals surface area contributed by atoms with E-state index in [0.29, 0.717) is 43.3 Å². The van der Waals surface area contributed by atoms with Crippen molar-refractivity contribution in [3.05, 3.63) is 58.3 Å². The average Bonchev–Trinajstić information content (AvgIpc) is 3.37. The minimum Gasteiger partial charge on any atom is -0.444 e. The van der Waals surface area contributed by atoms with Crippen molar-refractivity contribution in [2.45, 2.75) is 12.7 Å². The molecule has 0 aliphatic carbocycles. The van der Waals surface area contributed by atoms with Gasteiger partial charge >= 0.3 is 6.18 Å². The third kappa shape index (κ3) is 4.57. The number of piperazine rings is 1. The lowest BCUT2D eigenvalue weighted by Gasteiger charge is -2.33. The smallest absolute Gasteiger partial charge is 0.416 e. The van der Waals surface area contributed by atoms with Crippen molar-refractivity contribution in [1.82, 2.24) is 19.9 Å². The molecule has 1 amide bonds. The molecule has 4 rings (SSSR count). The second-order valence-corrected chi connectivity index (χ2v) is 7.54. The van der Waals surface area contributed by atoms with Gasteiger partial charge < -0.3 is 13.8 Å². The Morgan fingerprint density at radius 2 is 1.90 bits per heavy atom. The maximum atomic E-state index is 12.9. The molecule has 30 heavy (non-hydrogen) atoms. The summed E-state index contributed by atoms with van der Waals surface area (Å²) >= 11 is 3.18. The molecule has 0 spiro atoms. The highest BCUT2D eigenvalue weighted by Gasteiger charge is 2.31. The SMILES string of the molecule is O=C(c1ccc(Br)o1)N1CCN(Cc2nc(-c3cccc(C(F)(F)F)c3)no2)CC1. The van der Waals surface area contributed by atoms with Crippen molar-refractivity contribution in [2.75, 3.05) is 26.2 Å². The summed E-state index contributed by atoms with van der Waals surface area (Å²) in [5.74, 6) is 0.508. The van der Waals surface area contributed by atoms with Gasteiger partial charge in [0.1, 0.15) is 0 Å². The minimum atomic E-state index is -4.44. The summed E-state index contributed by atoms with van der Waals surface area (Å²) in [6, 6.07) is 8.08. The Bertz CT molecular complexity index is 1040. The molecule has 1 fully saturated rings. The topological polar surface area (TPSA) is 75.6 Å². The van der Waals surface area contributed by atoms with Gasteiger partial charge in [-0.3, -0.25) is 9.69 Å². The van der Waals surface area contributed by atoms with Crippen LogP contribution in [0.2, 0.25) is 0 Å². The zero-order valence-electron chi connectivity index (χ0n) is 15.5. The number of amides is 1. The van der Waals surface area contributed by atoms with Crippen molar-refractivity contribution in [1.29, 1.82) is 0 Å². The van der Waals surface area contributed by atoms with Crippen LogP contribution in [0.1, 0.15) is 22.0 Å². The van der Waals surface area contributed by atoms with Gasteiger partial charge in [-0.25, -0.2) is 0 Å². The monoisotopic (exact) mass is 484 g/mol. The van der Waals surface area contributed by atoms with E-state index in [4.69, 9.17) is 8.94 Å². The number of rotatable bonds is 4. The second-order valence-electron chi connectivity index (χ2n) is 6.76. The van der Waals surface area contributed by atoms with Gasteiger partial charge in [-0.15, -0.1) is 0 Å². The minimum absolute atomic E-state index is 0.105. The third-order valence-corrected chi connectivity index (χ3v) is 5.14. The van der Waals surface area contributed by atoms with E-state index < -0.39 is 11.7 Å². The van der Waals surface area contributed by atoms with E-state index in [2.05, 4.69) is 26.1 Å². The van der Waals surface area contributed by atoms with Crippen LogP contribution < -0.4 is 0 Å². The highest BCUT2D eigenvalue weighted by Crippen LogP contribution is 2.31. The normalized spacial score (nSPS) is 15.5. The summed E-state index contributed by atoms with van der Waals surface area (Å²) in [5.41, 5.74) is -0.532. The number of halogens is 4. The predicted octanol–water partition coefficient (Wildman–Crippen LogP) is 4.07. The fraction of sp³-hybridized carbons (Fsp3) is 0.316. The molecule has 7 nitrogen and oxygen atoms in total. The highest BCUT2D eigenvalue weighted by atomic mass is 79.9. The first-order valence-electron chi connectivity index (χ1n) is 9.07. The number of furan rings is 1. The zero-order valence-corrected chi connectivity index (χ0v) is 17.1. The van der Waals surface area contributed by atoms with Crippen LogP contribution in [0, 0.1) is 0 Å². The molecule has 0 bridgehead atoms. The summed E-state index contributed by atoms with van der Waals surface area (Å²) in [5, 5.41) is 3.80. The molecule has 1 aromatic carbocycles. The first-order chi connectivity index (χ1) is 14.3. The molecule has 158 valence electrons. The summed E-state index contributed by atoms with van der Waals surface area (Å²) in [6.45, 7) is 2.54. The maximum absolute atomic E-state index is 12.9. The van der Waals surface area contributed by atoms with Gasteiger partial charge in [-0.2, -0.15) is 18.2 Å². The zero-order chi connectivity index (χ0) is 21.3. The number of hydrogen-bond acceptors (Lipinski definition) is 6. The Hall–Kier alpha value is -2.66. The lowest BCUT2D eigenvalue weighted by molar-refractivity contribution is -0.137. The largest absolute Gasteiger partial charge is 0.444 e. The standard InChI is InChI=1S/C19H16BrF3N4O3/c20-15-5-4-14(29-15)18(28)27-8-6-26(7-9-27)11-16-24-17(25-30-16)12-2-1-3-13(10-12)19(21,22)23/h1-5,10H,6-9,11H2. The van der Waals surface area contributed by atoms with Crippen LogP contribution >= 0.6 is 15.9 Å². The Balaban J connectivity index is 1.36. The molecule has 1 aliphatic rings. The molecule has 0 N–H and O–H groups in total. The summed E-state index contributed by atoms with van der Waals surface area (Å²) in [4.78, 5) is 20.4. The fourth-order valence-corrected chi connectivity index (χ4v) is 3.46. The van der Waals surface area contributed by atoms with Gasteiger partial charge in [0.15, 0.2) is 10.4 Å². The molecule has 0 saturated carbocycles. The fourth-order valence-electron chi connectivity index (χ4n) is 3.16. The van der Waals surface area contributed by atoms with Crippen molar-refractivity contribution < 1.29 is 26.9 Å². The maximum Gasteiger partial charge on any atom is 0.416 e. The molecular weight excluding hydrogens is 469 g/mol. The second kappa shape index (κ2) is 8.23. The highest BCUT2D eigenvalue weighted by molar-refractivity contribution is 9.10. The van der Waals surface area contributed by atoms with Crippen LogP contribution in [0.4, 0.5) is 13.2 Å². The average molecular weight is 485 g/mol. The Morgan fingerprint density at radius 1 is 1.13 bits per heavy atom. The number of carbonyl (C=O) groups excluding carboxylic acids is 1. The molecule has 3 heterocycles. The lowest BCUT2D eigenvalue weighted by Crippen LogP contribution is -2.48. The quantitative estimate of drug-likeness (QED) is 0.555. The number of benzene rings is 1. The van der Waals surface area contributed by atoms with E-state index in [-0.39, 0.29) is 23.1 Å². The van der Waals surface area contributed by atoms with Gasteiger partial charge in [-0.1, -0.05) is 17.3 Å². The number of nitrogens with zero attached hydrogens (tertiary/aromatic N) is 4. The predicted molar refractivity (Wildman–Crippen MR) is 102 cm³/mol. The van der Waals surface area contributed by atoms with E-state index in [1.807, 2.05) is 4.90 Å². The van der Waals surface area contributed by atoms with Crippen LogP contribution in [0.15, 0.2) is 50.0 Å². The molecular formula is C19H16BrF3N4O3. The van der Waals surface area contributed by atoms with Crippen molar-refractivity contribution in [3.8, 4) is 11.4 Å². The number of alkyl halides is 3. The van der Waals surface area contributed by atoms with Crippen LogP contribution in [0.5, 0.6) is 0 Å². The van der Waals surface area contributed by atoms with E-state index in [1.165, 1.54) is 12.1 Å². The van der Waals surface area contributed by atoms with E-state index >= 15 is 0 Å². The summed E-state index contributed by atoms with van der Waals surface area (Å²) < 4.78 is 49.7. The van der Waals surface area contributed by atoms with Gasteiger partial charge in [-0.05, 0) is 40.2 Å². The van der Waals surface area contributed by atoms with Gasteiger partial charge in [0.05, 0.1) is 12.1 Å². The van der Waals surface area contributed by atoms with Gasteiger partial charge in [0.2, 0.25) is 11.7 Å². The van der Waals surface area contributed by atoms with Crippen molar-refractivity contribution in [2.24, 2.45) is 0 Å². The number of hydrogen-bond donors (Lipinski definition) is 0. The van der Waals surface area contributed by atoms with Crippen LogP contribution in [0.25, 0.3) is 11.4 Å². The molecule has 0 unspecified atom stereocenters. The van der Waals surface area contributed by atoms with Gasteiger partial charge in [0, 0.05) is 31.7 Å². The van der Waals surface area contributed by atoms with Gasteiger partial charge in [0.25, 0.3) is 5.91 Å². The summed E-state index contributed by atoms with van der Waals surface area (Å²) in [6.07, 6.45) is -4.44. The first-order valence-corrected chi connectivity index (χ1v) is 9.86.